The monoisotopic (exact) mass is 281 g/mol. The summed E-state index contributed by atoms with van der Waals surface area (Å²) in [5.74, 6) is -1.03. The number of ether oxygens (including phenoxy) is 1. The number of carboxylic acids is 1. The molecule has 0 radical (unpaired) electrons. The molecule has 0 unspecified atom stereocenters. The van der Waals surface area contributed by atoms with Gasteiger partial charge in [-0.05, 0) is 12.1 Å². The molecular formula is C13H19N3O4. The smallest absolute Gasteiger partial charge is 0.329 e. The summed E-state index contributed by atoms with van der Waals surface area (Å²) in [6, 6.07) is 7.05. The van der Waals surface area contributed by atoms with Gasteiger partial charge in [-0.25, -0.2) is 9.59 Å². The zero-order valence-electron chi connectivity index (χ0n) is 11.5. The highest BCUT2D eigenvalue weighted by molar-refractivity contribution is 5.93. The predicted octanol–water partition coefficient (Wildman–Crippen LogP) is 0.975. The van der Waals surface area contributed by atoms with Crippen molar-refractivity contribution < 1.29 is 19.4 Å². The third kappa shape index (κ3) is 5.57. The molecule has 0 aliphatic carbocycles. The van der Waals surface area contributed by atoms with Crippen molar-refractivity contribution in [3.63, 3.8) is 0 Å². The molecule has 20 heavy (non-hydrogen) atoms. The molecule has 1 rings (SSSR count). The number of urea groups is 1. The topological polar surface area (TPSA) is 90.9 Å². The first-order valence-corrected chi connectivity index (χ1v) is 6.11. The number of anilines is 2. The van der Waals surface area contributed by atoms with Crippen LogP contribution in [0.4, 0.5) is 16.2 Å². The number of amides is 2. The highest BCUT2D eigenvalue weighted by Crippen LogP contribution is 2.22. The van der Waals surface area contributed by atoms with Gasteiger partial charge in [0.05, 0.1) is 18.0 Å². The Morgan fingerprint density at radius 2 is 2.00 bits per heavy atom. The zero-order valence-corrected chi connectivity index (χ0v) is 11.5. The number of aliphatic carboxylic acids is 1. The van der Waals surface area contributed by atoms with Crippen molar-refractivity contribution in [2.75, 3.05) is 44.1 Å². The first-order chi connectivity index (χ1) is 9.50. The summed E-state index contributed by atoms with van der Waals surface area (Å²) in [7, 11) is 3.77. The van der Waals surface area contributed by atoms with E-state index in [2.05, 4.69) is 10.6 Å². The summed E-state index contributed by atoms with van der Waals surface area (Å²) in [5, 5.41) is 13.7. The lowest BCUT2D eigenvalue weighted by molar-refractivity contribution is -0.142. The largest absolute Gasteiger partial charge is 0.480 e. The Balaban J connectivity index is 2.37. The quantitative estimate of drug-likeness (QED) is 0.648. The Labute approximate surface area is 117 Å². The van der Waals surface area contributed by atoms with E-state index in [4.69, 9.17) is 9.84 Å². The molecule has 0 heterocycles. The second-order valence-electron chi connectivity index (χ2n) is 4.24. The highest BCUT2D eigenvalue weighted by Gasteiger charge is 2.07. The molecule has 0 atom stereocenters. The Morgan fingerprint density at radius 1 is 1.30 bits per heavy atom. The number of rotatable bonds is 7. The van der Waals surface area contributed by atoms with Crippen LogP contribution in [0.15, 0.2) is 24.3 Å². The van der Waals surface area contributed by atoms with Crippen LogP contribution in [0.3, 0.4) is 0 Å². The standard InChI is InChI=1S/C13H19N3O4/c1-16(2)11-6-4-3-5-10(11)15-13(19)14-7-8-20-9-12(17)18/h3-6H,7-9H2,1-2H3,(H,17,18)(H2,14,15,19). The average molecular weight is 281 g/mol. The Bertz CT molecular complexity index is 463. The van der Waals surface area contributed by atoms with Gasteiger partial charge in [-0.15, -0.1) is 0 Å². The van der Waals surface area contributed by atoms with Gasteiger partial charge < -0.3 is 25.4 Å². The molecule has 0 saturated carbocycles. The third-order valence-corrected chi connectivity index (χ3v) is 2.39. The lowest BCUT2D eigenvalue weighted by Crippen LogP contribution is -2.32. The number of hydrogen-bond acceptors (Lipinski definition) is 4. The van der Waals surface area contributed by atoms with E-state index in [1.54, 1.807) is 6.07 Å². The van der Waals surface area contributed by atoms with Crippen molar-refractivity contribution in [1.82, 2.24) is 5.32 Å². The molecule has 3 N–H and O–H groups in total. The fraction of sp³-hybridized carbons (Fsp3) is 0.385. The van der Waals surface area contributed by atoms with E-state index in [1.165, 1.54) is 0 Å². The maximum absolute atomic E-state index is 11.7. The van der Waals surface area contributed by atoms with Crippen LogP contribution in [0.1, 0.15) is 0 Å². The third-order valence-electron chi connectivity index (χ3n) is 2.39. The average Bonchev–Trinajstić information content (AvgIpc) is 2.38. The second kappa shape index (κ2) is 8.00. The molecule has 0 aliphatic rings. The lowest BCUT2D eigenvalue weighted by Gasteiger charge is -2.17. The van der Waals surface area contributed by atoms with E-state index in [1.807, 2.05) is 37.2 Å². The van der Waals surface area contributed by atoms with Crippen LogP contribution in [0.25, 0.3) is 0 Å². The van der Waals surface area contributed by atoms with Crippen LogP contribution in [0.5, 0.6) is 0 Å². The molecular weight excluding hydrogens is 262 g/mol. The van der Waals surface area contributed by atoms with Gasteiger partial charge in [0, 0.05) is 20.6 Å². The van der Waals surface area contributed by atoms with Gasteiger partial charge in [0.15, 0.2) is 0 Å². The number of carboxylic acid groups (broad SMARTS) is 1. The molecule has 7 nitrogen and oxygen atoms in total. The number of para-hydroxylation sites is 2. The molecule has 110 valence electrons. The van der Waals surface area contributed by atoms with Crippen molar-refractivity contribution in [3.8, 4) is 0 Å². The highest BCUT2D eigenvalue weighted by atomic mass is 16.5. The minimum atomic E-state index is -1.03. The molecule has 0 spiro atoms. The van der Waals surface area contributed by atoms with Gasteiger partial charge >= 0.3 is 12.0 Å². The Morgan fingerprint density at radius 3 is 2.65 bits per heavy atom. The molecule has 2 amide bonds. The van der Waals surface area contributed by atoms with Crippen LogP contribution in [-0.2, 0) is 9.53 Å². The SMILES string of the molecule is CN(C)c1ccccc1NC(=O)NCCOCC(=O)O. The first kappa shape index (κ1) is 15.8. The van der Waals surface area contributed by atoms with E-state index < -0.39 is 5.97 Å². The minimum absolute atomic E-state index is 0.148. The normalized spacial score (nSPS) is 9.90. The Hall–Kier alpha value is -2.28. The van der Waals surface area contributed by atoms with Crippen LogP contribution < -0.4 is 15.5 Å². The summed E-state index contributed by atoms with van der Waals surface area (Å²) in [6.07, 6.45) is 0. The van der Waals surface area contributed by atoms with E-state index in [0.29, 0.717) is 5.69 Å². The molecule has 0 saturated heterocycles. The summed E-state index contributed by atoms with van der Waals surface area (Å²) < 4.78 is 4.81. The number of benzene rings is 1. The van der Waals surface area contributed by atoms with Crippen molar-refractivity contribution in [2.24, 2.45) is 0 Å². The van der Waals surface area contributed by atoms with Gasteiger partial charge in [-0.3, -0.25) is 0 Å². The van der Waals surface area contributed by atoms with Gasteiger partial charge in [0.2, 0.25) is 0 Å². The van der Waals surface area contributed by atoms with Crippen LogP contribution in [0, 0.1) is 0 Å². The number of hydrogen-bond donors (Lipinski definition) is 3. The molecule has 0 aromatic heterocycles. The van der Waals surface area contributed by atoms with Crippen molar-refractivity contribution in [3.05, 3.63) is 24.3 Å². The molecule has 0 aliphatic heterocycles. The summed E-state index contributed by atoms with van der Waals surface area (Å²) >= 11 is 0. The van der Waals surface area contributed by atoms with Crippen molar-refractivity contribution in [1.29, 1.82) is 0 Å². The fourth-order valence-corrected chi connectivity index (χ4v) is 1.53. The number of carbonyl (C=O) groups is 2. The number of carbonyl (C=O) groups excluding carboxylic acids is 1. The van der Waals surface area contributed by atoms with Crippen molar-refractivity contribution in [2.45, 2.75) is 0 Å². The van der Waals surface area contributed by atoms with Gasteiger partial charge in [-0.1, -0.05) is 12.1 Å². The van der Waals surface area contributed by atoms with E-state index >= 15 is 0 Å². The molecule has 1 aromatic rings. The minimum Gasteiger partial charge on any atom is -0.480 e. The molecule has 7 heteroatoms. The van der Waals surface area contributed by atoms with Gasteiger partial charge in [0.1, 0.15) is 6.61 Å². The van der Waals surface area contributed by atoms with Crippen molar-refractivity contribution >= 4 is 23.4 Å². The van der Waals surface area contributed by atoms with Gasteiger partial charge in [0.25, 0.3) is 0 Å². The maximum Gasteiger partial charge on any atom is 0.329 e. The van der Waals surface area contributed by atoms with Crippen LogP contribution in [-0.4, -0.2) is 51.0 Å². The predicted molar refractivity (Wildman–Crippen MR) is 76.2 cm³/mol. The summed E-state index contributed by atoms with van der Waals surface area (Å²) in [4.78, 5) is 23.8. The fourth-order valence-electron chi connectivity index (χ4n) is 1.53. The second-order valence-corrected chi connectivity index (χ2v) is 4.24. The number of nitrogens with one attached hydrogen (secondary N) is 2. The number of nitrogens with zero attached hydrogens (tertiary/aromatic N) is 1. The summed E-state index contributed by atoms with van der Waals surface area (Å²) in [6.45, 7) is 0.0189. The summed E-state index contributed by atoms with van der Waals surface area (Å²) in [5.41, 5.74) is 1.59. The van der Waals surface area contributed by atoms with Gasteiger partial charge in [-0.2, -0.15) is 0 Å². The first-order valence-electron chi connectivity index (χ1n) is 6.11. The zero-order chi connectivity index (χ0) is 15.0. The van der Waals surface area contributed by atoms with E-state index in [-0.39, 0.29) is 25.8 Å². The van der Waals surface area contributed by atoms with Crippen LogP contribution >= 0.6 is 0 Å². The van der Waals surface area contributed by atoms with E-state index in [9.17, 15) is 9.59 Å². The lowest BCUT2D eigenvalue weighted by atomic mass is 10.2. The molecule has 0 fully saturated rings. The van der Waals surface area contributed by atoms with Crippen LogP contribution in [0.2, 0.25) is 0 Å². The maximum atomic E-state index is 11.7. The Kier molecular flexibility index (Phi) is 6.31. The molecule has 1 aromatic carbocycles. The van der Waals surface area contributed by atoms with E-state index in [0.717, 1.165) is 5.69 Å². The molecule has 0 bridgehead atoms.